The van der Waals surface area contributed by atoms with E-state index in [1.807, 2.05) is 7.05 Å². The molecule has 5 nitrogen and oxygen atoms in total. The van der Waals surface area contributed by atoms with Gasteiger partial charge in [0.25, 0.3) is 0 Å². The number of rotatable bonds is 5. The number of piperidine rings is 1. The molecule has 0 spiro atoms. The number of guanidine groups is 1. The molecule has 132 valence electrons. The van der Waals surface area contributed by atoms with E-state index in [0.717, 1.165) is 25.6 Å². The molecule has 1 aromatic rings. The summed E-state index contributed by atoms with van der Waals surface area (Å²) in [6, 6.07) is 4.88. The molecule has 0 saturated carbocycles. The quantitative estimate of drug-likeness (QED) is 0.441. The number of likely N-dealkylation sites (N-methyl/N-ethyl adjacent to an activating group) is 1. The summed E-state index contributed by atoms with van der Waals surface area (Å²) in [5.41, 5.74) is 1.29. The van der Waals surface area contributed by atoms with Crippen molar-refractivity contribution >= 4 is 29.9 Å². The summed E-state index contributed by atoms with van der Waals surface area (Å²) >= 11 is 0. The van der Waals surface area contributed by atoms with Gasteiger partial charge in [0.05, 0.1) is 6.54 Å². The average molecular weight is 433 g/mol. The van der Waals surface area contributed by atoms with Gasteiger partial charge in [-0.2, -0.15) is 0 Å². The molecular formula is C17H32IN5. The molecule has 0 bridgehead atoms. The standard InChI is InChI=1S/C17H31N5.HI/c1-5-22-12-7-6-9-15(22)13-19-17(18-2)21(4)14-16-10-8-11-20(16)3;/h8,10-11,15H,5-7,9,12-14H2,1-4H3,(H,18,19);1H. The Balaban J connectivity index is 0.00000264. The zero-order chi connectivity index (χ0) is 15.9. The predicted molar refractivity (Wildman–Crippen MR) is 109 cm³/mol. The van der Waals surface area contributed by atoms with Crippen LogP contribution in [0.25, 0.3) is 0 Å². The third-order valence-electron chi connectivity index (χ3n) is 4.67. The number of hydrogen-bond donors (Lipinski definition) is 1. The average Bonchev–Trinajstić information content (AvgIpc) is 2.93. The van der Waals surface area contributed by atoms with Crippen LogP contribution in [0.3, 0.4) is 0 Å². The zero-order valence-electron chi connectivity index (χ0n) is 15.0. The molecule has 2 rings (SSSR count). The van der Waals surface area contributed by atoms with Gasteiger partial charge >= 0.3 is 0 Å². The lowest BCUT2D eigenvalue weighted by atomic mass is 10.0. The monoisotopic (exact) mass is 433 g/mol. The number of halogens is 1. The first kappa shape index (κ1) is 20.3. The molecule has 0 radical (unpaired) electrons. The molecule has 6 heteroatoms. The summed E-state index contributed by atoms with van der Waals surface area (Å²) in [7, 11) is 6.05. The van der Waals surface area contributed by atoms with Crippen LogP contribution in [0.15, 0.2) is 23.3 Å². The highest BCUT2D eigenvalue weighted by atomic mass is 127. The first-order valence-corrected chi connectivity index (χ1v) is 8.41. The van der Waals surface area contributed by atoms with Gasteiger partial charge in [-0.1, -0.05) is 13.3 Å². The molecule has 2 heterocycles. The minimum atomic E-state index is 0. The molecule has 1 atom stereocenters. The lowest BCUT2D eigenvalue weighted by molar-refractivity contribution is 0.156. The van der Waals surface area contributed by atoms with E-state index in [4.69, 9.17) is 0 Å². The molecule has 0 aromatic carbocycles. The summed E-state index contributed by atoms with van der Waals surface area (Å²) in [6.45, 7) is 6.49. The number of hydrogen-bond acceptors (Lipinski definition) is 2. The Morgan fingerprint density at radius 2 is 2.22 bits per heavy atom. The maximum Gasteiger partial charge on any atom is 0.193 e. The highest BCUT2D eigenvalue weighted by Crippen LogP contribution is 2.15. The van der Waals surface area contributed by atoms with Gasteiger partial charge in [0.1, 0.15) is 0 Å². The largest absolute Gasteiger partial charge is 0.355 e. The summed E-state index contributed by atoms with van der Waals surface area (Å²) in [5, 5.41) is 3.56. The molecular weight excluding hydrogens is 401 g/mol. The fourth-order valence-electron chi connectivity index (χ4n) is 3.28. The highest BCUT2D eigenvalue weighted by Gasteiger charge is 2.21. The summed E-state index contributed by atoms with van der Waals surface area (Å²) < 4.78 is 2.16. The molecule has 1 saturated heterocycles. The fraction of sp³-hybridized carbons (Fsp3) is 0.706. The van der Waals surface area contributed by atoms with Crippen molar-refractivity contribution in [1.29, 1.82) is 0 Å². The van der Waals surface area contributed by atoms with Crippen LogP contribution in [-0.4, -0.2) is 60.1 Å². The van der Waals surface area contributed by atoms with Crippen LogP contribution < -0.4 is 5.32 Å². The molecule has 1 fully saturated rings. The Hall–Kier alpha value is -0.760. The van der Waals surface area contributed by atoms with E-state index in [0.29, 0.717) is 6.04 Å². The normalized spacial score (nSPS) is 19.3. The molecule has 1 unspecified atom stereocenters. The number of aryl methyl sites for hydroxylation is 1. The minimum absolute atomic E-state index is 0. The van der Waals surface area contributed by atoms with Gasteiger partial charge in [-0.3, -0.25) is 9.89 Å². The Labute approximate surface area is 158 Å². The first-order chi connectivity index (χ1) is 10.7. The van der Waals surface area contributed by atoms with Crippen molar-refractivity contribution in [1.82, 2.24) is 19.7 Å². The molecule has 1 N–H and O–H groups in total. The van der Waals surface area contributed by atoms with Crippen molar-refractivity contribution in [2.75, 3.05) is 33.7 Å². The topological polar surface area (TPSA) is 35.8 Å². The van der Waals surface area contributed by atoms with Crippen LogP contribution in [0, 0.1) is 0 Å². The molecule has 1 aliphatic rings. The number of aromatic nitrogens is 1. The van der Waals surface area contributed by atoms with Crippen LogP contribution in [0.1, 0.15) is 31.9 Å². The fourth-order valence-corrected chi connectivity index (χ4v) is 3.28. The number of aliphatic imine (C=N–C) groups is 1. The molecule has 23 heavy (non-hydrogen) atoms. The van der Waals surface area contributed by atoms with Gasteiger partial charge in [-0.15, -0.1) is 24.0 Å². The predicted octanol–water partition coefficient (Wildman–Crippen LogP) is 2.52. The van der Waals surface area contributed by atoms with Crippen molar-refractivity contribution in [3.8, 4) is 0 Å². The highest BCUT2D eigenvalue weighted by molar-refractivity contribution is 14.0. The number of likely N-dealkylation sites (tertiary alicyclic amines) is 1. The van der Waals surface area contributed by atoms with E-state index in [1.165, 1.54) is 31.5 Å². The van der Waals surface area contributed by atoms with Crippen LogP contribution in [0.4, 0.5) is 0 Å². The van der Waals surface area contributed by atoms with E-state index in [9.17, 15) is 0 Å². The van der Waals surface area contributed by atoms with E-state index in [-0.39, 0.29) is 24.0 Å². The number of nitrogens with one attached hydrogen (secondary N) is 1. The van der Waals surface area contributed by atoms with Gasteiger partial charge in [-0.05, 0) is 38.1 Å². The van der Waals surface area contributed by atoms with Crippen LogP contribution in [0.2, 0.25) is 0 Å². The SMILES string of the molecule is CCN1CCCCC1CNC(=NC)N(C)Cc1cccn1C.I. The molecule has 0 amide bonds. The summed E-state index contributed by atoms with van der Waals surface area (Å²) in [4.78, 5) is 9.21. The lowest BCUT2D eigenvalue weighted by Crippen LogP contribution is -2.49. The van der Waals surface area contributed by atoms with Crippen molar-refractivity contribution in [2.45, 2.75) is 38.8 Å². The summed E-state index contributed by atoms with van der Waals surface area (Å²) in [6.07, 6.45) is 6.06. The second kappa shape index (κ2) is 10.2. The van der Waals surface area contributed by atoms with Gasteiger partial charge in [0.15, 0.2) is 5.96 Å². The Kier molecular flexibility index (Phi) is 8.98. The zero-order valence-corrected chi connectivity index (χ0v) is 17.3. The Morgan fingerprint density at radius 3 is 2.83 bits per heavy atom. The van der Waals surface area contributed by atoms with E-state index in [2.05, 4.69) is 64.0 Å². The van der Waals surface area contributed by atoms with Gasteiger partial charge in [0, 0.05) is 45.6 Å². The molecule has 0 aliphatic carbocycles. The second-order valence-electron chi connectivity index (χ2n) is 6.17. The van der Waals surface area contributed by atoms with E-state index < -0.39 is 0 Å². The van der Waals surface area contributed by atoms with Gasteiger partial charge in [-0.25, -0.2) is 0 Å². The van der Waals surface area contributed by atoms with Gasteiger partial charge < -0.3 is 14.8 Å². The van der Waals surface area contributed by atoms with Gasteiger partial charge in [0.2, 0.25) is 0 Å². The lowest BCUT2D eigenvalue weighted by Gasteiger charge is -2.35. The van der Waals surface area contributed by atoms with Crippen molar-refractivity contribution < 1.29 is 0 Å². The molecule has 1 aliphatic heterocycles. The minimum Gasteiger partial charge on any atom is -0.355 e. The number of nitrogens with zero attached hydrogens (tertiary/aromatic N) is 4. The smallest absolute Gasteiger partial charge is 0.193 e. The van der Waals surface area contributed by atoms with E-state index in [1.54, 1.807) is 0 Å². The van der Waals surface area contributed by atoms with Crippen molar-refractivity contribution in [3.63, 3.8) is 0 Å². The maximum atomic E-state index is 4.44. The first-order valence-electron chi connectivity index (χ1n) is 8.41. The van der Waals surface area contributed by atoms with Crippen molar-refractivity contribution in [2.24, 2.45) is 12.0 Å². The van der Waals surface area contributed by atoms with Crippen molar-refractivity contribution in [3.05, 3.63) is 24.0 Å². The third kappa shape index (κ3) is 5.67. The third-order valence-corrected chi connectivity index (χ3v) is 4.67. The van der Waals surface area contributed by atoms with Crippen LogP contribution >= 0.6 is 24.0 Å². The summed E-state index contributed by atoms with van der Waals surface area (Å²) in [5.74, 6) is 0.975. The van der Waals surface area contributed by atoms with Crippen LogP contribution in [0.5, 0.6) is 0 Å². The van der Waals surface area contributed by atoms with E-state index >= 15 is 0 Å². The maximum absolute atomic E-state index is 4.44. The second-order valence-corrected chi connectivity index (χ2v) is 6.17. The van der Waals surface area contributed by atoms with Crippen LogP contribution in [-0.2, 0) is 13.6 Å². The Bertz CT molecular complexity index is 485. The molecule has 1 aromatic heterocycles. The Morgan fingerprint density at radius 1 is 1.43 bits per heavy atom.